The van der Waals surface area contributed by atoms with Gasteiger partial charge in [-0.2, -0.15) is 13.2 Å². The summed E-state index contributed by atoms with van der Waals surface area (Å²) >= 11 is 3.28. The van der Waals surface area contributed by atoms with Gasteiger partial charge in [0, 0.05) is 10.0 Å². The molecule has 1 heterocycles. The summed E-state index contributed by atoms with van der Waals surface area (Å²) in [6, 6.07) is 9.90. The van der Waals surface area contributed by atoms with E-state index >= 15 is 0 Å². The van der Waals surface area contributed by atoms with Gasteiger partial charge in [0.2, 0.25) is 17.7 Å². The first-order valence-electron chi connectivity index (χ1n) is 6.87. The van der Waals surface area contributed by atoms with Crippen LogP contribution in [0.3, 0.4) is 0 Å². The van der Waals surface area contributed by atoms with Crippen LogP contribution in [0.15, 0.2) is 51.4 Å². The van der Waals surface area contributed by atoms with E-state index in [0.717, 1.165) is 16.6 Å². The first kappa shape index (κ1) is 17.2. The Labute approximate surface area is 147 Å². The van der Waals surface area contributed by atoms with Gasteiger partial charge in [0.05, 0.1) is 16.7 Å². The Hall–Kier alpha value is -2.68. The number of primary amides is 1. The standard InChI is InChI=1S/C16H9BrF3N3O2/c17-9-4-1-3-8(7-9)14-22-23-15(25-14)12-10(13(21)24)5-2-6-11(12)16(18,19)20/h1-7H,(H2,21,24). The Morgan fingerprint density at radius 2 is 1.76 bits per heavy atom. The van der Waals surface area contributed by atoms with Crippen molar-refractivity contribution in [3.8, 4) is 22.9 Å². The smallest absolute Gasteiger partial charge is 0.416 e. The second-order valence-electron chi connectivity index (χ2n) is 5.01. The van der Waals surface area contributed by atoms with Crippen molar-refractivity contribution in [2.75, 3.05) is 0 Å². The van der Waals surface area contributed by atoms with E-state index in [1.165, 1.54) is 6.07 Å². The molecule has 3 rings (SSSR count). The van der Waals surface area contributed by atoms with Gasteiger partial charge in [-0.05, 0) is 30.3 Å². The molecule has 2 aromatic carbocycles. The fourth-order valence-corrected chi connectivity index (χ4v) is 2.69. The van der Waals surface area contributed by atoms with Crippen molar-refractivity contribution >= 4 is 21.8 Å². The average Bonchev–Trinajstić information content (AvgIpc) is 3.03. The molecule has 25 heavy (non-hydrogen) atoms. The van der Waals surface area contributed by atoms with Crippen LogP contribution in [0.2, 0.25) is 0 Å². The summed E-state index contributed by atoms with van der Waals surface area (Å²) in [5.41, 5.74) is 3.76. The number of aromatic nitrogens is 2. The number of rotatable bonds is 3. The predicted octanol–water partition coefficient (Wildman–Crippen LogP) is 4.28. The van der Waals surface area contributed by atoms with Crippen molar-refractivity contribution in [1.29, 1.82) is 0 Å². The van der Waals surface area contributed by atoms with Crippen LogP contribution in [0.1, 0.15) is 15.9 Å². The quantitative estimate of drug-likeness (QED) is 0.696. The van der Waals surface area contributed by atoms with Crippen LogP contribution in [0.5, 0.6) is 0 Å². The van der Waals surface area contributed by atoms with E-state index in [1.807, 2.05) is 0 Å². The summed E-state index contributed by atoms with van der Waals surface area (Å²) < 4.78 is 46.1. The Morgan fingerprint density at radius 1 is 1.08 bits per heavy atom. The SMILES string of the molecule is NC(=O)c1cccc(C(F)(F)F)c1-c1nnc(-c2cccc(Br)c2)o1. The molecule has 0 unspecified atom stereocenters. The molecule has 0 aliphatic carbocycles. The summed E-state index contributed by atoms with van der Waals surface area (Å²) in [6.07, 6.45) is -4.72. The molecule has 0 spiro atoms. The lowest BCUT2D eigenvalue weighted by atomic mass is 10.00. The van der Waals surface area contributed by atoms with Crippen LogP contribution in [0, 0.1) is 0 Å². The van der Waals surface area contributed by atoms with Crippen LogP contribution in [-0.2, 0) is 6.18 Å². The zero-order valence-corrected chi connectivity index (χ0v) is 13.9. The number of halogens is 4. The molecule has 0 saturated heterocycles. The van der Waals surface area contributed by atoms with Gasteiger partial charge in [-0.3, -0.25) is 4.79 Å². The van der Waals surface area contributed by atoms with Gasteiger partial charge in [0.15, 0.2) is 0 Å². The largest absolute Gasteiger partial charge is 0.417 e. The third-order valence-electron chi connectivity index (χ3n) is 3.35. The lowest BCUT2D eigenvalue weighted by Crippen LogP contribution is -2.16. The fourth-order valence-electron chi connectivity index (χ4n) is 2.29. The second-order valence-corrected chi connectivity index (χ2v) is 5.93. The van der Waals surface area contributed by atoms with E-state index in [1.54, 1.807) is 24.3 Å². The van der Waals surface area contributed by atoms with Gasteiger partial charge in [0.1, 0.15) is 0 Å². The molecule has 0 radical (unpaired) electrons. The number of amides is 1. The molecule has 0 aliphatic heterocycles. The van der Waals surface area contributed by atoms with Crippen LogP contribution in [0.4, 0.5) is 13.2 Å². The number of alkyl halides is 3. The molecule has 0 saturated carbocycles. The van der Waals surface area contributed by atoms with E-state index in [9.17, 15) is 18.0 Å². The highest BCUT2D eigenvalue weighted by molar-refractivity contribution is 9.10. The molecule has 5 nitrogen and oxygen atoms in total. The zero-order chi connectivity index (χ0) is 18.2. The molecule has 9 heteroatoms. The maximum Gasteiger partial charge on any atom is 0.417 e. The van der Waals surface area contributed by atoms with Crippen LogP contribution in [-0.4, -0.2) is 16.1 Å². The lowest BCUT2D eigenvalue weighted by Gasteiger charge is -2.12. The average molecular weight is 412 g/mol. The fraction of sp³-hybridized carbons (Fsp3) is 0.0625. The van der Waals surface area contributed by atoms with Crippen molar-refractivity contribution in [2.24, 2.45) is 5.73 Å². The Kier molecular flexibility index (Phi) is 4.34. The molecule has 0 aliphatic rings. The lowest BCUT2D eigenvalue weighted by molar-refractivity contribution is -0.137. The van der Waals surface area contributed by atoms with E-state index in [2.05, 4.69) is 26.1 Å². The van der Waals surface area contributed by atoms with Crippen LogP contribution >= 0.6 is 15.9 Å². The van der Waals surface area contributed by atoms with Gasteiger partial charge in [-0.15, -0.1) is 10.2 Å². The van der Waals surface area contributed by atoms with Crippen molar-refractivity contribution in [1.82, 2.24) is 10.2 Å². The molecule has 0 atom stereocenters. The highest BCUT2D eigenvalue weighted by atomic mass is 79.9. The number of nitrogens with two attached hydrogens (primary N) is 1. The first-order valence-corrected chi connectivity index (χ1v) is 7.66. The van der Waals surface area contributed by atoms with E-state index in [-0.39, 0.29) is 11.5 Å². The third-order valence-corrected chi connectivity index (χ3v) is 3.84. The van der Waals surface area contributed by atoms with Crippen LogP contribution in [0.25, 0.3) is 22.9 Å². The number of nitrogens with zero attached hydrogens (tertiary/aromatic N) is 2. The number of carbonyl (C=O) groups excluding carboxylic acids is 1. The molecular formula is C16H9BrF3N3O2. The summed E-state index contributed by atoms with van der Waals surface area (Å²) in [6.45, 7) is 0. The summed E-state index contributed by atoms with van der Waals surface area (Å²) in [5, 5.41) is 7.44. The molecule has 0 bridgehead atoms. The topological polar surface area (TPSA) is 82.0 Å². The van der Waals surface area contributed by atoms with E-state index < -0.39 is 29.1 Å². The van der Waals surface area contributed by atoms with Gasteiger partial charge in [-0.1, -0.05) is 28.1 Å². The van der Waals surface area contributed by atoms with Crippen molar-refractivity contribution in [3.05, 3.63) is 58.1 Å². The Bertz CT molecular complexity index is 954. The minimum Gasteiger partial charge on any atom is -0.416 e. The van der Waals surface area contributed by atoms with Crippen molar-refractivity contribution in [3.63, 3.8) is 0 Å². The highest BCUT2D eigenvalue weighted by Gasteiger charge is 2.37. The predicted molar refractivity (Wildman–Crippen MR) is 86.4 cm³/mol. The number of hydrogen-bond donors (Lipinski definition) is 1. The molecule has 1 amide bonds. The number of hydrogen-bond acceptors (Lipinski definition) is 4. The maximum absolute atomic E-state index is 13.3. The van der Waals surface area contributed by atoms with Crippen molar-refractivity contribution < 1.29 is 22.4 Å². The minimum absolute atomic E-state index is 0.0173. The Morgan fingerprint density at radius 3 is 2.40 bits per heavy atom. The zero-order valence-electron chi connectivity index (χ0n) is 12.3. The number of carbonyl (C=O) groups is 1. The van der Waals surface area contributed by atoms with Gasteiger partial charge >= 0.3 is 6.18 Å². The summed E-state index contributed by atoms with van der Waals surface area (Å²) in [4.78, 5) is 11.6. The third kappa shape index (κ3) is 3.41. The van der Waals surface area contributed by atoms with Gasteiger partial charge in [-0.25, -0.2) is 0 Å². The van der Waals surface area contributed by atoms with Crippen molar-refractivity contribution in [2.45, 2.75) is 6.18 Å². The van der Waals surface area contributed by atoms with Gasteiger partial charge < -0.3 is 10.2 Å². The number of benzene rings is 2. The minimum atomic E-state index is -4.72. The van der Waals surface area contributed by atoms with E-state index in [4.69, 9.17) is 10.2 Å². The molecule has 0 fully saturated rings. The Balaban J connectivity index is 2.19. The first-order chi connectivity index (χ1) is 11.8. The normalized spacial score (nSPS) is 11.5. The second kappa shape index (κ2) is 6.32. The maximum atomic E-state index is 13.3. The monoisotopic (exact) mass is 411 g/mol. The molecule has 3 aromatic rings. The van der Waals surface area contributed by atoms with E-state index in [0.29, 0.717) is 5.56 Å². The molecule has 1 aromatic heterocycles. The molecule has 128 valence electrons. The van der Waals surface area contributed by atoms with Gasteiger partial charge in [0.25, 0.3) is 0 Å². The summed E-state index contributed by atoms with van der Waals surface area (Å²) in [5.74, 6) is -1.44. The molecule has 2 N–H and O–H groups in total. The molecular weight excluding hydrogens is 403 g/mol. The van der Waals surface area contributed by atoms with Crippen LogP contribution < -0.4 is 5.73 Å². The summed E-state index contributed by atoms with van der Waals surface area (Å²) in [7, 11) is 0. The highest BCUT2D eigenvalue weighted by Crippen LogP contribution is 2.39.